The molecule has 1 heterocycles. The number of aldehydes is 1. The van der Waals surface area contributed by atoms with E-state index in [4.69, 9.17) is 28.3 Å². The molecule has 124 valence electrons. The lowest BCUT2D eigenvalue weighted by Crippen LogP contribution is -2.12. The molecule has 2 N–H and O–H groups in total. The highest BCUT2D eigenvalue weighted by Crippen LogP contribution is 2.35. The van der Waals surface area contributed by atoms with Crippen molar-refractivity contribution in [3.63, 3.8) is 0 Å². The van der Waals surface area contributed by atoms with Crippen molar-refractivity contribution >= 4 is 62.6 Å². The normalized spacial score (nSPS) is 9.70. The number of anilines is 3. The highest BCUT2D eigenvalue weighted by molar-refractivity contribution is 9.10. The van der Waals surface area contributed by atoms with E-state index in [1.165, 1.54) is 0 Å². The second kappa shape index (κ2) is 9.08. The molecule has 0 aliphatic heterocycles. The van der Waals surface area contributed by atoms with E-state index in [9.17, 15) is 4.79 Å². The van der Waals surface area contributed by atoms with E-state index in [1.807, 2.05) is 31.1 Å². The largest absolute Gasteiger partial charge is 0.400 e. The van der Waals surface area contributed by atoms with E-state index < -0.39 is 0 Å². The lowest BCUT2D eigenvalue weighted by molar-refractivity contribution is 0.112. The molecule has 1 aromatic carbocycles. The lowest BCUT2D eigenvalue weighted by Gasteiger charge is -2.20. The van der Waals surface area contributed by atoms with Crippen LogP contribution in [-0.2, 0) is 0 Å². The molecule has 0 saturated carbocycles. The van der Waals surface area contributed by atoms with E-state index in [0.717, 1.165) is 18.5 Å². The van der Waals surface area contributed by atoms with Gasteiger partial charge in [-0.05, 0) is 34.1 Å². The Labute approximate surface area is 153 Å². The number of rotatable bonds is 4. The number of carbonyl (C=O) groups is 1. The number of nitrogens with one attached hydrogen (secondary N) is 1. The number of benzene rings is 1. The number of aliphatic hydroxyl groups excluding tert-OH is 1. The summed E-state index contributed by atoms with van der Waals surface area (Å²) >= 11 is 15.4. The summed E-state index contributed by atoms with van der Waals surface area (Å²) in [5.41, 5.74) is 1.93. The Hall–Kier alpha value is -1.34. The Kier molecular flexibility index (Phi) is 7.78. The van der Waals surface area contributed by atoms with Crippen LogP contribution in [0.5, 0.6) is 0 Å². The van der Waals surface area contributed by atoms with Gasteiger partial charge in [-0.3, -0.25) is 4.79 Å². The zero-order chi connectivity index (χ0) is 17.6. The zero-order valence-corrected chi connectivity index (χ0v) is 15.9. The maximum Gasteiger partial charge on any atom is 0.153 e. The molecule has 0 spiro atoms. The minimum Gasteiger partial charge on any atom is -0.400 e. The van der Waals surface area contributed by atoms with Crippen molar-refractivity contribution in [1.29, 1.82) is 0 Å². The summed E-state index contributed by atoms with van der Waals surface area (Å²) in [4.78, 5) is 17.3. The summed E-state index contributed by atoms with van der Waals surface area (Å²) < 4.78 is 0.464. The maximum atomic E-state index is 11.2. The Morgan fingerprint density at radius 2 is 1.91 bits per heavy atom. The first-order chi connectivity index (χ1) is 10.9. The molecule has 0 unspecified atom stereocenters. The van der Waals surface area contributed by atoms with E-state index in [0.29, 0.717) is 32.3 Å². The van der Waals surface area contributed by atoms with Gasteiger partial charge in [-0.15, -0.1) is 0 Å². The second-order valence-corrected chi connectivity index (χ2v) is 6.04. The summed E-state index contributed by atoms with van der Waals surface area (Å²) in [6, 6.07) is 7.03. The van der Waals surface area contributed by atoms with Crippen molar-refractivity contribution in [1.82, 2.24) is 4.98 Å². The van der Waals surface area contributed by atoms with Gasteiger partial charge in [-0.25, -0.2) is 4.98 Å². The average molecular weight is 421 g/mol. The van der Waals surface area contributed by atoms with Gasteiger partial charge in [0, 0.05) is 21.2 Å². The first kappa shape index (κ1) is 19.7. The van der Waals surface area contributed by atoms with Crippen molar-refractivity contribution in [3.05, 3.63) is 44.5 Å². The molecule has 0 aliphatic carbocycles. The molecular weight excluding hydrogens is 405 g/mol. The Balaban J connectivity index is 0.00000127. The predicted molar refractivity (Wildman–Crippen MR) is 99.5 cm³/mol. The van der Waals surface area contributed by atoms with Crippen LogP contribution in [0, 0.1) is 0 Å². The van der Waals surface area contributed by atoms with Crippen LogP contribution < -0.4 is 10.2 Å². The second-order valence-electron chi connectivity index (χ2n) is 4.47. The number of aliphatic hydroxyl groups is 1. The molecule has 8 heteroatoms. The number of halogens is 3. The summed E-state index contributed by atoms with van der Waals surface area (Å²) in [7, 11) is 4.77. The van der Waals surface area contributed by atoms with Crippen LogP contribution in [0.25, 0.3) is 0 Å². The summed E-state index contributed by atoms with van der Waals surface area (Å²) in [5.74, 6) is 0.409. The third-order valence-electron chi connectivity index (χ3n) is 2.78. The molecule has 2 aromatic rings. The maximum absolute atomic E-state index is 11.2. The van der Waals surface area contributed by atoms with Gasteiger partial charge >= 0.3 is 0 Å². The van der Waals surface area contributed by atoms with Crippen LogP contribution in [0.1, 0.15) is 10.4 Å². The Morgan fingerprint density at radius 3 is 2.48 bits per heavy atom. The van der Waals surface area contributed by atoms with E-state index in [1.54, 1.807) is 12.1 Å². The third-order valence-corrected chi connectivity index (χ3v) is 4.20. The molecular formula is C15H16BrCl2N3O2. The van der Waals surface area contributed by atoms with Crippen molar-refractivity contribution in [2.75, 3.05) is 31.4 Å². The van der Waals surface area contributed by atoms with Crippen LogP contribution in [0.3, 0.4) is 0 Å². The molecule has 2 rings (SSSR count). The van der Waals surface area contributed by atoms with Crippen LogP contribution in [0.15, 0.2) is 28.9 Å². The van der Waals surface area contributed by atoms with Crippen molar-refractivity contribution in [2.45, 2.75) is 0 Å². The first-order valence-corrected chi connectivity index (χ1v) is 7.97. The SMILES string of the molecule is CN(C)c1c(Cl)cccc1Nc1nc(Br)c(Cl)cc1C=O.CO. The van der Waals surface area contributed by atoms with Crippen molar-refractivity contribution in [3.8, 4) is 0 Å². The summed E-state index contributed by atoms with van der Waals surface area (Å²) in [5, 5.41) is 11.1. The van der Waals surface area contributed by atoms with Crippen LogP contribution >= 0.6 is 39.1 Å². The van der Waals surface area contributed by atoms with E-state index in [-0.39, 0.29) is 0 Å². The minimum absolute atomic E-state index is 0.368. The number of nitrogens with zero attached hydrogens (tertiary/aromatic N) is 2. The molecule has 0 amide bonds. The predicted octanol–water partition coefficient (Wildman–Crippen LogP) is 4.38. The molecule has 0 bridgehead atoms. The number of hydrogen-bond acceptors (Lipinski definition) is 5. The average Bonchev–Trinajstić information content (AvgIpc) is 2.52. The van der Waals surface area contributed by atoms with Crippen LogP contribution in [0.4, 0.5) is 17.2 Å². The summed E-state index contributed by atoms with van der Waals surface area (Å²) in [6.07, 6.45) is 0.702. The Morgan fingerprint density at radius 1 is 1.26 bits per heavy atom. The van der Waals surface area contributed by atoms with Crippen LogP contribution in [-0.4, -0.2) is 37.6 Å². The van der Waals surface area contributed by atoms with Crippen molar-refractivity contribution < 1.29 is 9.90 Å². The van der Waals surface area contributed by atoms with Gasteiger partial charge in [0.25, 0.3) is 0 Å². The fraction of sp³-hybridized carbons (Fsp3) is 0.200. The number of hydrogen-bond donors (Lipinski definition) is 2. The monoisotopic (exact) mass is 419 g/mol. The molecule has 0 saturated heterocycles. The smallest absolute Gasteiger partial charge is 0.153 e. The molecule has 0 radical (unpaired) electrons. The molecule has 0 fully saturated rings. The highest BCUT2D eigenvalue weighted by Gasteiger charge is 2.13. The quantitative estimate of drug-likeness (QED) is 0.567. The van der Waals surface area contributed by atoms with Gasteiger partial charge in [0.15, 0.2) is 6.29 Å². The number of aromatic nitrogens is 1. The number of carbonyl (C=O) groups excluding carboxylic acids is 1. The van der Waals surface area contributed by atoms with Crippen molar-refractivity contribution in [2.24, 2.45) is 0 Å². The van der Waals surface area contributed by atoms with Gasteiger partial charge in [-0.1, -0.05) is 29.3 Å². The van der Waals surface area contributed by atoms with Gasteiger partial charge in [-0.2, -0.15) is 0 Å². The van der Waals surface area contributed by atoms with Crippen LogP contribution in [0.2, 0.25) is 10.0 Å². The fourth-order valence-electron chi connectivity index (χ4n) is 1.87. The molecule has 5 nitrogen and oxygen atoms in total. The van der Waals surface area contributed by atoms with Gasteiger partial charge in [0.1, 0.15) is 10.4 Å². The molecule has 0 atom stereocenters. The van der Waals surface area contributed by atoms with Gasteiger partial charge in [0.2, 0.25) is 0 Å². The highest BCUT2D eigenvalue weighted by atomic mass is 79.9. The molecule has 1 aromatic heterocycles. The fourth-order valence-corrected chi connectivity index (χ4v) is 2.66. The lowest BCUT2D eigenvalue weighted by atomic mass is 10.2. The topological polar surface area (TPSA) is 65.5 Å². The minimum atomic E-state index is 0.368. The third kappa shape index (κ3) is 4.81. The van der Waals surface area contributed by atoms with E-state index in [2.05, 4.69) is 26.2 Å². The first-order valence-electron chi connectivity index (χ1n) is 6.43. The van der Waals surface area contributed by atoms with Gasteiger partial charge in [0.05, 0.1) is 27.0 Å². The number of pyridine rings is 1. The Bertz CT molecular complexity index is 697. The summed E-state index contributed by atoms with van der Waals surface area (Å²) in [6.45, 7) is 0. The van der Waals surface area contributed by atoms with E-state index >= 15 is 0 Å². The number of para-hydroxylation sites is 1. The molecule has 0 aliphatic rings. The standard InChI is InChI=1S/C14H12BrCl2N3O.CH4O/c1-20(2)12-9(16)4-3-5-11(12)18-14-8(7-21)6-10(17)13(15)19-14;1-2/h3-7H,1-2H3,(H,18,19);2H,1H3. The molecule has 23 heavy (non-hydrogen) atoms. The zero-order valence-electron chi connectivity index (χ0n) is 12.8. The van der Waals surface area contributed by atoms with Gasteiger partial charge < -0.3 is 15.3 Å².